The Morgan fingerprint density at radius 3 is 2.55 bits per heavy atom. The van der Waals surface area contributed by atoms with Crippen LogP contribution in [0.15, 0.2) is 65.8 Å². The molecule has 1 amide bonds. The molecule has 0 atom stereocenters. The molecule has 31 heavy (non-hydrogen) atoms. The smallest absolute Gasteiger partial charge is 0.260 e. The van der Waals surface area contributed by atoms with Gasteiger partial charge >= 0.3 is 0 Å². The van der Waals surface area contributed by atoms with Gasteiger partial charge in [-0.05, 0) is 35.9 Å². The molecule has 0 saturated heterocycles. The number of carbonyl (C=O) groups excluding carboxylic acids is 1. The van der Waals surface area contributed by atoms with Gasteiger partial charge in [-0.1, -0.05) is 47.5 Å². The molecular formula is C23H20Cl2N4O2. The van der Waals surface area contributed by atoms with E-state index in [1.54, 1.807) is 30.3 Å². The molecule has 1 N–H and O–H groups in total. The predicted octanol–water partition coefficient (Wildman–Crippen LogP) is 4.91. The molecule has 3 aromatic rings. The number of ether oxygens (including phenoxy) is 1. The zero-order valence-electron chi connectivity index (χ0n) is 16.8. The Morgan fingerprint density at radius 2 is 1.87 bits per heavy atom. The van der Waals surface area contributed by atoms with Crippen molar-refractivity contribution in [3.05, 3.63) is 87.5 Å². The van der Waals surface area contributed by atoms with Crippen LogP contribution in [0.5, 0.6) is 5.75 Å². The Hall–Kier alpha value is -3.09. The summed E-state index contributed by atoms with van der Waals surface area (Å²) in [6, 6.07) is 16.3. The number of nitrogens with zero attached hydrogens (tertiary/aromatic N) is 3. The van der Waals surface area contributed by atoms with Crippen LogP contribution < -0.4 is 10.1 Å². The molecule has 0 bridgehead atoms. The number of carbonyl (C=O) groups is 1. The van der Waals surface area contributed by atoms with Crippen LogP contribution >= 0.6 is 23.2 Å². The number of pyridine rings is 1. The minimum Gasteiger partial charge on any atom is -0.488 e. The summed E-state index contributed by atoms with van der Waals surface area (Å²) in [6.45, 7) is 2.07. The van der Waals surface area contributed by atoms with Gasteiger partial charge < -0.3 is 15.0 Å². The fourth-order valence-electron chi connectivity index (χ4n) is 3.19. The minimum atomic E-state index is -0.370. The first kappa shape index (κ1) is 21.2. The summed E-state index contributed by atoms with van der Waals surface area (Å²) in [5.74, 6) is 1.44. The molecule has 6 nitrogen and oxygen atoms in total. The summed E-state index contributed by atoms with van der Waals surface area (Å²) in [6.07, 6.45) is 1.46. The Labute approximate surface area is 190 Å². The molecule has 2 heterocycles. The average Bonchev–Trinajstić information content (AvgIpc) is 3.20. The highest BCUT2D eigenvalue weighted by molar-refractivity contribution is 6.31. The molecule has 1 aromatic heterocycles. The summed E-state index contributed by atoms with van der Waals surface area (Å²) in [5.41, 5.74) is 2.37. The molecule has 0 radical (unpaired) electrons. The van der Waals surface area contributed by atoms with Crippen molar-refractivity contribution in [2.45, 2.75) is 6.61 Å². The number of amides is 1. The van der Waals surface area contributed by atoms with E-state index in [0.29, 0.717) is 33.8 Å². The molecule has 0 fully saturated rings. The number of aliphatic imine (C=N–C) groups is 1. The van der Waals surface area contributed by atoms with Crippen LogP contribution in [0.2, 0.25) is 10.0 Å². The number of benzene rings is 2. The van der Waals surface area contributed by atoms with E-state index in [2.05, 4.69) is 20.2 Å². The highest BCUT2D eigenvalue weighted by Crippen LogP contribution is 2.25. The molecule has 158 valence electrons. The zero-order valence-corrected chi connectivity index (χ0v) is 18.3. The summed E-state index contributed by atoms with van der Waals surface area (Å²) < 4.78 is 5.94. The van der Waals surface area contributed by atoms with Crippen molar-refractivity contribution in [3.8, 4) is 5.75 Å². The van der Waals surface area contributed by atoms with E-state index in [-0.39, 0.29) is 5.91 Å². The van der Waals surface area contributed by atoms with Crippen LogP contribution in [-0.4, -0.2) is 41.8 Å². The van der Waals surface area contributed by atoms with Crippen molar-refractivity contribution in [1.29, 1.82) is 0 Å². The third-order valence-corrected chi connectivity index (χ3v) is 5.28. The lowest BCUT2D eigenvalue weighted by atomic mass is 10.1. The first-order valence-electron chi connectivity index (χ1n) is 9.70. The Balaban J connectivity index is 1.46. The van der Waals surface area contributed by atoms with Crippen LogP contribution in [0.3, 0.4) is 0 Å². The van der Waals surface area contributed by atoms with Gasteiger partial charge in [-0.25, -0.2) is 4.98 Å². The molecule has 0 unspecified atom stereocenters. The number of anilines is 1. The van der Waals surface area contributed by atoms with E-state index in [9.17, 15) is 4.79 Å². The van der Waals surface area contributed by atoms with E-state index in [0.717, 1.165) is 30.1 Å². The highest BCUT2D eigenvalue weighted by Gasteiger charge is 2.16. The molecule has 8 heteroatoms. The number of rotatable bonds is 6. The van der Waals surface area contributed by atoms with Crippen LogP contribution in [0, 0.1) is 0 Å². The monoisotopic (exact) mass is 454 g/mol. The number of nitrogens with one attached hydrogen (secondary N) is 1. The van der Waals surface area contributed by atoms with Crippen molar-refractivity contribution in [2.24, 2.45) is 4.99 Å². The topological polar surface area (TPSA) is 66.8 Å². The second kappa shape index (κ2) is 9.37. The van der Waals surface area contributed by atoms with Gasteiger partial charge in [0, 0.05) is 30.4 Å². The fourth-order valence-corrected chi connectivity index (χ4v) is 3.48. The number of likely N-dealkylation sites (N-methyl/N-ethyl adjacent to an activating group) is 1. The second-order valence-corrected chi connectivity index (χ2v) is 7.94. The lowest BCUT2D eigenvalue weighted by Gasteiger charge is -2.15. The van der Waals surface area contributed by atoms with Gasteiger partial charge in [0.2, 0.25) is 0 Å². The number of halogens is 2. The molecule has 4 rings (SSSR count). The number of hydrogen-bond donors (Lipinski definition) is 1. The average molecular weight is 455 g/mol. The molecule has 0 aliphatic carbocycles. The Morgan fingerprint density at radius 1 is 1.10 bits per heavy atom. The summed E-state index contributed by atoms with van der Waals surface area (Å²) >= 11 is 12.0. The quantitative estimate of drug-likeness (QED) is 0.574. The lowest BCUT2D eigenvalue weighted by molar-refractivity contribution is 0.102. The first-order valence-corrected chi connectivity index (χ1v) is 10.5. The number of amidine groups is 1. The van der Waals surface area contributed by atoms with Crippen LogP contribution in [0.1, 0.15) is 21.5 Å². The third kappa shape index (κ3) is 5.16. The third-order valence-electron chi connectivity index (χ3n) is 4.82. The Bertz CT molecular complexity index is 1120. The van der Waals surface area contributed by atoms with Crippen molar-refractivity contribution < 1.29 is 9.53 Å². The SMILES string of the molecule is CN1CCN=C1c1ccc(COc2ccc(Cl)cc2C(=O)Nc2ccc(Cl)cn2)cc1. The zero-order chi connectivity index (χ0) is 21.8. The minimum absolute atomic E-state index is 0.309. The number of aromatic nitrogens is 1. The maximum absolute atomic E-state index is 12.8. The van der Waals surface area contributed by atoms with Gasteiger partial charge in [0.05, 0.1) is 17.1 Å². The largest absolute Gasteiger partial charge is 0.488 e. The van der Waals surface area contributed by atoms with Crippen molar-refractivity contribution in [3.63, 3.8) is 0 Å². The van der Waals surface area contributed by atoms with Crippen molar-refractivity contribution in [2.75, 3.05) is 25.5 Å². The summed E-state index contributed by atoms with van der Waals surface area (Å²) in [7, 11) is 2.04. The van der Waals surface area contributed by atoms with Crippen LogP contribution in [-0.2, 0) is 6.61 Å². The molecular weight excluding hydrogens is 435 g/mol. The predicted molar refractivity (Wildman–Crippen MR) is 123 cm³/mol. The summed E-state index contributed by atoms with van der Waals surface area (Å²) in [5, 5.41) is 3.65. The van der Waals surface area contributed by atoms with Gasteiger partial charge in [-0.15, -0.1) is 0 Å². The van der Waals surface area contributed by atoms with Crippen molar-refractivity contribution >= 4 is 40.8 Å². The maximum atomic E-state index is 12.8. The van der Waals surface area contributed by atoms with E-state index < -0.39 is 0 Å². The molecule has 1 aliphatic rings. The van der Waals surface area contributed by atoms with Gasteiger partial charge in [0.15, 0.2) is 0 Å². The maximum Gasteiger partial charge on any atom is 0.260 e. The normalized spacial score (nSPS) is 13.1. The van der Waals surface area contributed by atoms with Crippen LogP contribution in [0.4, 0.5) is 5.82 Å². The van der Waals surface area contributed by atoms with E-state index in [4.69, 9.17) is 27.9 Å². The van der Waals surface area contributed by atoms with E-state index in [1.165, 1.54) is 6.20 Å². The van der Waals surface area contributed by atoms with Crippen molar-refractivity contribution in [1.82, 2.24) is 9.88 Å². The van der Waals surface area contributed by atoms with E-state index in [1.807, 2.05) is 31.3 Å². The lowest BCUT2D eigenvalue weighted by Crippen LogP contribution is -2.23. The first-order chi connectivity index (χ1) is 15.0. The second-order valence-electron chi connectivity index (χ2n) is 7.07. The number of hydrogen-bond acceptors (Lipinski definition) is 5. The summed E-state index contributed by atoms with van der Waals surface area (Å²) in [4.78, 5) is 23.5. The Kier molecular flexibility index (Phi) is 6.39. The highest BCUT2D eigenvalue weighted by atomic mass is 35.5. The van der Waals surface area contributed by atoms with Gasteiger partial charge in [-0.3, -0.25) is 9.79 Å². The van der Waals surface area contributed by atoms with E-state index >= 15 is 0 Å². The van der Waals surface area contributed by atoms with Gasteiger partial charge in [-0.2, -0.15) is 0 Å². The van der Waals surface area contributed by atoms with Gasteiger partial charge in [0.1, 0.15) is 24.0 Å². The van der Waals surface area contributed by atoms with Crippen LogP contribution in [0.25, 0.3) is 0 Å². The standard InChI is InChI=1S/C23H20Cl2N4O2/c1-29-11-10-26-22(29)16-4-2-15(3-5-16)14-31-20-8-6-17(24)12-19(20)23(30)28-21-9-7-18(25)13-27-21/h2-9,12-13H,10-11,14H2,1H3,(H,27,28,30). The molecule has 0 spiro atoms. The fraction of sp³-hybridized carbons (Fsp3) is 0.174. The molecule has 0 saturated carbocycles. The van der Waals surface area contributed by atoms with Gasteiger partial charge in [0.25, 0.3) is 5.91 Å². The molecule has 1 aliphatic heterocycles. The molecule has 2 aromatic carbocycles.